The Morgan fingerprint density at radius 3 is 2.50 bits per heavy atom. The highest BCUT2D eigenvalue weighted by Crippen LogP contribution is 2.23. The van der Waals surface area contributed by atoms with Gasteiger partial charge in [0.05, 0.1) is 12.9 Å². The standard InChI is InChI=1S/C22H22N6O4S2/c1-3-33-21-25-23-18(13-31-17-11-9-16(30-2)10-12-17)28(21)27-19(29)14-34-22-26-24-20(32-22)15-7-5-4-6-8-15/h4-12H,3,13-14H2,1-2H3,(H,27,29). The maximum absolute atomic E-state index is 12.7. The van der Waals surface area contributed by atoms with Crippen LogP contribution in [0.25, 0.3) is 11.5 Å². The lowest BCUT2D eigenvalue weighted by atomic mass is 10.2. The van der Waals surface area contributed by atoms with Gasteiger partial charge in [-0.3, -0.25) is 10.2 Å². The van der Waals surface area contributed by atoms with Crippen LogP contribution in [0.4, 0.5) is 0 Å². The molecule has 0 saturated carbocycles. The third kappa shape index (κ3) is 6.08. The van der Waals surface area contributed by atoms with Crippen LogP contribution in [0.5, 0.6) is 11.5 Å². The van der Waals surface area contributed by atoms with Gasteiger partial charge in [0.2, 0.25) is 17.0 Å². The molecule has 4 aromatic rings. The molecule has 1 N–H and O–H groups in total. The zero-order valence-corrected chi connectivity index (χ0v) is 20.1. The van der Waals surface area contributed by atoms with E-state index in [2.05, 4.69) is 25.8 Å². The molecule has 0 radical (unpaired) electrons. The van der Waals surface area contributed by atoms with E-state index in [0.29, 0.717) is 27.8 Å². The van der Waals surface area contributed by atoms with Gasteiger partial charge >= 0.3 is 0 Å². The van der Waals surface area contributed by atoms with E-state index in [9.17, 15) is 4.79 Å². The summed E-state index contributed by atoms with van der Waals surface area (Å²) < 4.78 is 18.1. The number of nitrogens with zero attached hydrogens (tertiary/aromatic N) is 5. The molecule has 0 fully saturated rings. The Morgan fingerprint density at radius 1 is 1.00 bits per heavy atom. The number of hydrogen-bond donors (Lipinski definition) is 1. The molecule has 0 bridgehead atoms. The van der Waals surface area contributed by atoms with Crippen LogP contribution in [0.3, 0.4) is 0 Å². The molecule has 10 nitrogen and oxygen atoms in total. The fraction of sp³-hybridized carbons (Fsp3) is 0.227. The minimum atomic E-state index is -0.270. The summed E-state index contributed by atoms with van der Waals surface area (Å²) in [5.41, 5.74) is 3.65. The zero-order valence-electron chi connectivity index (χ0n) is 18.5. The largest absolute Gasteiger partial charge is 0.497 e. The minimum absolute atomic E-state index is 0.0730. The number of methoxy groups -OCH3 is 1. The molecule has 0 aliphatic carbocycles. The average Bonchev–Trinajstić information content (AvgIpc) is 3.50. The first kappa shape index (κ1) is 23.6. The van der Waals surface area contributed by atoms with Crippen molar-refractivity contribution in [1.82, 2.24) is 25.1 Å². The van der Waals surface area contributed by atoms with Gasteiger partial charge in [-0.25, -0.2) is 4.68 Å². The summed E-state index contributed by atoms with van der Waals surface area (Å²) in [6.45, 7) is 2.12. The normalized spacial score (nSPS) is 10.8. The molecule has 176 valence electrons. The minimum Gasteiger partial charge on any atom is -0.497 e. The van der Waals surface area contributed by atoms with Crippen LogP contribution in [0.15, 0.2) is 69.4 Å². The van der Waals surface area contributed by atoms with E-state index < -0.39 is 0 Å². The number of rotatable bonds is 11. The summed E-state index contributed by atoms with van der Waals surface area (Å²) >= 11 is 2.61. The molecule has 2 aromatic heterocycles. The van der Waals surface area contributed by atoms with E-state index in [0.717, 1.165) is 28.8 Å². The van der Waals surface area contributed by atoms with E-state index in [1.165, 1.54) is 11.8 Å². The first-order valence-electron chi connectivity index (χ1n) is 10.3. The number of amides is 1. The van der Waals surface area contributed by atoms with Gasteiger partial charge in [0.15, 0.2) is 5.82 Å². The molecule has 34 heavy (non-hydrogen) atoms. The second kappa shape index (κ2) is 11.6. The van der Waals surface area contributed by atoms with Crippen molar-refractivity contribution in [2.24, 2.45) is 0 Å². The van der Waals surface area contributed by atoms with Crippen LogP contribution in [0, 0.1) is 0 Å². The van der Waals surface area contributed by atoms with Crippen LogP contribution >= 0.6 is 23.5 Å². The lowest BCUT2D eigenvalue weighted by molar-refractivity contribution is -0.114. The highest BCUT2D eigenvalue weighted by Gasteiger charge is 2.17. The van der Waals surface area contributed by atoms with Gasteiger partial charge in [0.1, 0.15) is 18.1 Å². The van der Waals surface area contributed by atoms with Crippen LogP contribution in [0.1, 0.15) is 12.7 Å². The van der Waals surface area contributed by atoms with Crippen LogP contribution in [-0.4, -0.2) is 49.6 Å². The van der Waals surface area contributed by atoms with Crippen molar-refractivity contribution in [2.75, 3.05) is 24.0 Å². The van der Waals surface area contributed by atoms with Crippen molar-refractivity contribution >= 4 is 29.4 Å². The molecule has 2 heterocycles. The Bertz CT molecular complexity index is 1210. The Balaban J connectivity index is 1.37. The Hall–Kier alpha value is -3.51. The van der Waals surface area contributed by atoms with E-state index in [1.807, 2.05) is 37.3 Å². The van der Waals surface area contributed by atoms with E-state index in [4.69, 9.17) is 13.9 Å². The third-order valence-corrected chi connectivity index (χ3v) is 6.02. The van der Waals surface area contributed by atoms with Gasteiger partial charge in [0, 0.05) is 5.56 Å². The predicted octanol–water partition coefficient (Wildman–Crippen LogP) is 3.89. The lowest BCUT2D eigenvalue weighted by Crippen LogP contribution is -2.27. The highest BCUT2D eigenvalue weighted by atomic mass is 32.2. The first-order chi connectivity index (χ1) is 16.7. The summed E-state index contributed by atoms with van der Waals surface area (Å²) in [4.78, 5) is 12.7. The van der Waals surface area contributed by atoms with E-state index in [-0.39, 0.29) is 18.3 Å². The van der Waals surface area contributed by atoms with Gasteiger partial charge in [-0.05, 0) is 42.2 Å². The molecular formula is C22H22N6O4S2. The predicted molar refractivity (Wildman–Crippen MR) is 129 cm³/mol. The molecule has 0 aliphatic rings. The summed E-state index contributed by atoms with van der Waals surface area (Å²) in [6.07, 6.45) is 0. The van der Waals surface area contributed by atoms with Gasteiger partial charge in [-0.2, -0.15) is 0 Å². The van der Waals surface area contributed by atoms with Crippen LogP contribution in [0.2, 0.25) is 0 Å². The molecular weight excluding hydrogens is 476 g/mol. The SMILES string of the molecule is CCSc1nnc(COc2ccc(OC)cc2)n1NC(=O)CSc1nnc(-c2ccccc2)o1. The van der Waals surface area contributed by atoms with Gasteiger partial charge < -0.3 is 13.9 Å². The van der Waals surface area contributed by atoms with Crippen molar-refractivity contribution < 1.29 is 18.7 Å². The number of aromatic nitrogens is 5. The van der Waals surface area contributed by atoms with Crippen molar-refractivity contribution in [1.29, 1.82) is 0 Å². The molecule has 0 aliphatic heterocycles. The van der Waals surface area contributed by atoms with Gasteiger partial charge in [-0.15, -0.1) is 20.4 Å². The van der Waals surface area contributed by atoms with Gasteiger partial charge in [-0.1, -0.05) is 48.6 Å². The number of hydrogen-bond acceptors (Lipinski definition) is 10. The quantitative estimate of drug-likeness (QED) is 0.305. The monoisotopic (exact) mass is 498 g/mol. The molecule has 0 atom stereocenters. The summed E-state index contributed by atoms with van der Waals surface area (Å²) in [5.74, 6) is 2.83. The molecule has 2 aromatic carbocycles. The van der Waals surface area contributed by atoms with E-state index in [1.54, 1.807) is 36.1 Å². The smallest absolute Gasteiger partial charge is 0.277 e. The van der Waals surface area contributed by atoms with Gasteiger partial charge in [0.25, 0.3) is 5.22 Å². The topological polar surface area (TPSA) is 117 Å². The molecule has 0 unspecified atom stereocenters. The fourth-order valence-electron chi connectivity index (χ4n) is 2.80. The number of nitrogens with one attached hydrogen (secondary N) is 1. The summed E-state index contributed by atoms with van der Waals surface area (Å²) in [6, 6.07) is 16.6. The number of benzene rings is 2. The Kier molecular flexibility index (Phi) is 8.04. The molecule has 4 rings (SSSR count). The number of carbonyl (C=O) groups excluding carboxylic acids is 1. The fourth-order valence-corrected chi connectivity index (χ4v) is 3.99. The number of ether oxygens (including phenoxy) is 2. The van der Waals surface area contributed by atoms with E-state index >= 15 is 0 Å². The number of thioether (sulfide) groups is 2. The zero-order chi connectivity index (χ0) is 23.8. The molecule has 12 heteroatoms. The van der Waals surface area contributed by atoms with Crippen molar-refractivity contribution in [3.8, 4) is 23.0 Å². The third-order valence-electron chi connectivity index (χ3n) is 4.39. The highest BCUT2D eigenvalue weighted by molar-refractivity contribution is 7.99. The van der Waals surface area contributed by atoms with Crippen LogP contribution in [-0.2, 0) is 11.4 Å². The lowest BCUT2D eigenvalue weighted by Gasteiger charge is -2.11. The Morgan fingerprint density at radius 2 is 1.76 bits per heavy atom. The first-order valence-corrected chi connectivity index (χ1v) is 12.3. The van der Waals surface area contributed by atoms with Crippen molar-refractivity contribution in [2.45, 2.75) is 23.9 Å². The summed E-state index contributed by atoms with van der Waals surface area (Å²) in [7, 11) is 1.60. The maximum Gasteiger partial charge on any atom is 0.277 e. The maximum atomic E-state index is 12.7. The summed E-state index contributed by atoms with van der Waals surface area (Å²) in [5, 5.41) is 17.3. The number of carbonyl (C=O) groups is 1. The Labute approximate surface area is 204 Å². The van der Waals surface area contributed by atoms with Crippen LogP contribution < -0.4 is 14.9 Å². The second-order valence-corrected chi connectivity index (χ2v) is 8.85. The van der Waals surface area contributed by atoms with Crippen molar-refractivity contribution in [3.05, 3.63) is 60.4 Å². The van der Waals surface area contributed by atoms with Crippen molar-refractivity contribution in [3.63, 3.8) is 0 Å². The molecule has 1 amide bonds. The molecule has 0 spiro atoms. The molecule has 0 saturated heterocycles. The second-order valence-electron chi connectivity index (χ2n) is 6.69. The average molecular weight is 499 g/mol.